The van der Waals surface area contributed by atoms with Crippen molar-refractivity contribution in [3.8, 4) is 0 Å². The normalized spacial score (nSPS) is 17.7. The van der Waals surface area contributed by atoms with E-state index in [-0.39, 0.29) is 0 Å². The molecule has 0 fully saturated rings. The Hall–Kier alpha value is -1.13. The summed E-state index contributed by atoms with van der Waals surface area (Å²) < 4.78 is 99.1. The van der Waals surface area contributed by atoms with E-state index < -0.39 is 37.0 Å². The molecule has 0 radical (unpaired) electrons. The maximum Gasteiger partial charge on any atom is 0.460 e. The molecule has 0 spiro atoms. The lowest BCUT2D eigenvalue weighted by atomic mass is 10.3. The summed E-state index contributed by atoms with van der Waals surface area (Å²) >= 11 is 0. The predicted molar refractivity (Wildman–Crippen MR) is 34.2 cm³/mol. The molecule has 0 rings (SSSR count). The lowest BCUT2D eigenvalue weighted by Gasteiger charge is -2.30. The molecule has 0 bridgehead atoms. The summed E-state index contributed by atoms with van der Waals surface area (Å²) in [5, 5.41) is 7.80. The average molecular weight is 276 g/mol. The minimum atomic E-state index is -6.45. The van der Waals surface area contributed by atoms with Crippen LogP contribution in [0.25, 0.3) is 0 Å². The lowest BCUT2D eigenvalue weighted by molar-refractivity contribution is -0.436. The summed E-state index contributed by atoms with van der Waals surface area (Å²) in [6.45, 7) is -0.564. The highest BCUT2D eigenvalue weighted by Gasteiger charge is 2.71. The smallest absolute Gasteiger partial charge is 0.460 e. The van der Waals surface area contributed by atoms with E-state index in [1.165, 1.54) is 0 Å². The van der Waals surface area contributed by atoms with E-state index in [0.717, 1.165) is 0 Å². The molecule has 1 atom stereocenters. The van der Waals surface area contributed by atoms with Gasteiger partial charge >= 0.3 is 30.0 Å². The van der Waals surface area contributed by atoms with Crippen molar-refractivity contribution in [1.82, 2.24) is 0 Å². The van der Waals surface area contributed by atoms with Crippen LogP contribution in [0.5, 0.6) is 0 Å². The standard InChI is InChI=1S/C6H4F8O3/c1-3(7,8)6(13,14)17-4(9,2(15)16)5(10,11)12/h1H3,(H,15,16). The molecule has 0 aromatic rings. The SMILES string of the molecule is CC(F)(F)C(F)(F)OC(F)(C(=O)O)C(F)(F)F. The van der Waals surface area contributed by atoms with Crippen LogP contribution >= 0.6 is 0 Å². The van der Waals surface area contributed by atoms with Gasteiger partial charge in [-0.25, -0.2) is 4.79 Å². The van der Waals surface area contributed by atoms with Crippen molar-refractivity contribution in [2.45, 2.75) is 31.0 Å². The summed E-state index contributed by atoms with van der Waals surface area (Å²) in [6.07, 6.45) is -12.4. The van der Waals surface area contributed by atoms with Crippen LogP contribution in [0.15, 0.2) is 0 Å². The summed E-state index contributed by atoms with van der Waals surface area (Å²) in [5.41, 5.74) is 0. The van der Waals surface area contributed by atoms with Gasteiger partial charge < -0.3 is 5.11 Å². The molecular formula is C6H4F8O3. The van der Waals surface area contributed by atoms with Gasteiger partial charge in [-0.2, -0.15) is 35.1 Å². The molecule has 0 heterocycles. The second-order valence-electron chi connectivity index (χ2n) is 2.91. The minimum Gasteiger partial charge on any atom is -0.477 e. The third-order valence-corrected chi connectivity index (χ3v) is 1.42. The van der Waals surface area contributed by atoms with Crippen LogP contribution in [0, 0.1) is 0 Å². The van der Waals surface area contributed by atoms with Crippen LogP contribution < -0.4 is 0 Å². The van der Waals surface area contributed by atoms with Gasteiger partial charge in [-0.3, -0.25) is 4.74 Å². The molecule has 17 heavy (non-hydrogen) atoms. The average Bonchev–Trinajstić information content (AvgIpc) is 1.98. The summed E-state index contributed by atoms with van der Waals surface area (Å²) in [5.74, 6) is -14.7. The zero-order valence-corrected chi connectivity index (χ0v) is 7.79. The first kappa shape index (κ1) is 15.9. The number of rotatable bonds is 4. The zero-order chi connectivity index (χ0) is 14.3. The van der Waals surface area contributed by atoms with Gasteiger partial charge in [0.15, 0.2) is 0 Å². The van der Waals surface area contributed by atoms with Crippen molar-refractivity contribution < 1.29 is 49.8 Å². The van der Waals surface area contributed by atoms with Gasteiger partial charge in [0.2, 0.25) is 0 Å². The largest absolute Gasteiger partial charge is 0.477 e. The Labute approximate surface area is 88.0 Å². The second-order valence-corrected chi connectivity index (χ2v) is 2.91. The van der Waals surface area contributed by atoms with E-state index in [1.807, 2.05) is 0 Å². The molecule has 3 nitrogen and oxygen atoms in total. The fourth-order valence-corrected chi connectivity index (χ4v) is 0.489. The van der Waals surface area contributed by atoms with Crippen LogP contribution in [0.2, 0.25) is 0 Å². The Morgan fingerprint density at radius 1 is 1.00 bits per heavy atom. The highest BCUT2D eigenvalue weighted by molar-refractivity contribution is 5.76. The van der Waals surface area contributed by atoms with E-state index in [4.69, 9.17) is 5.11 Å². The first-order valence-electron chi connectivity index (χ1n) is 3.60. The first-order chi connectivity index (χ1) is 7.15. The second kappa shape index (κ2) is 3.96. The fourth-order valence-electron chi connectivity index (χ4n) is 0.489. The van der Waals surface area contributed by atoms with Gasteiger partial charge in [0.1, 0.15) is 0 Å². The van der Waals surface area contributed by atoms with Crippen molar-refractivity contribution >= 4 is 5.97 Å². The topological polar surface area (TPSA) is 46.5 Å². The molecule has 0 aliphatic heterocycles. The number of aliphatic carboxylic acids is 1. The number of carboxylic acid groups (broad SMARTS) is 1. The van der Waals surface area contributed by atoms with E-state index in [2.05, 4.69) is 4.74 Å². The van der Waals surface area contributed by atoms with Gasteiger partial charge in [0.25, 0.3) is 0 Å². The van der Waals surface area contributed by atoms with Crippen molar-refractivity contribution in [2.75, 3.05) is 0 Å². The molecular weight excluding hydrogens is 272 g/mol. The third kappa shape index (κ3) is 2.96. The van der Waals surface area contributed by atoms with E-state index in [1.54, 1.807) is 0 Å². The Morgan fingerprint density at radius 3 is 1.53 bits per heavy atom. The molecule has 0 aliphatic rings. The number of halogens is 8. The van der Waals surface area contributed by atoms with Gasteiger partial charge in [-0.05, 0) is 0 Å². The Kier molecular flexibility index (Phi) is 3.70. The molecule has 0 aromatic carbocycles. The monoisotopic (exact) mass is 276 g/mol. The Balaban J connectivity index is 5.39. The first-order valence-corrected chi connectivity index (χ1v) is 3.60. The van der Waals surface area contributed by atoms with Gasteiger partial charge in [0.05, 0.1) is 0 Å². The zero-order valence-electron chi connectivity index (χ0n) is 7.79. The molecule has 102 valence electrons. The van der Waals surface area contributed by atoms with E-state index in [9.17, 15) is 39.9 Å². The quantitative estimate of drug-likeness (QED) is 0.803. The van der Waals surface area contributed by atoms with Crippen molar-refractivity contribution in [3.05, 3.63) is 0 Å². The molecule has 0 saturated carbocycles. The van der Waals surface area contributed by atoms with E-state index >= 15 is 0 Å². The molecule has 11 heteroatoms. The number of carboxylic acids is 1. The molecule has 0 amide bonds. The lowest BCUT2D eigenvalue weighted by Crippen LogP contribution is -2.57. The van der Waals surface area contributed by atoms with E-state index in [0.29, 0.717) is 0 Å². The molecule has 1 N–H and O–H groups in total. The van der Waals surface area contributed by atoms with Gasteiger partial charge in [-0.1, -0.05) is 0 Å². The predicted octanol–water partition coefficient (Wildman–Crippen LogP) is 2.56. The van der Waals surface area contributed by atoms with Crippen LogP contribution in [-0.2, 0) is 9.53 Å². The number of ether oxygens (including phenoxy) is 1. The van der Waals surface area contributed by atoms with Crippen LogP contribution in [0.4, 0.5) is 35.1 Å². The molecule has 0 saturated heterocycles. The summed E-state index contributed by atoms with van der Waals surface area (Å²) in [7, 11) is 0. The number of hydrogen-bond acceptors (Lipinski definition) is 2. The van der Waals surface area contributed by atoms with Crippen LogP contribution in [0.3, 0.4) is 0 Å². The Morgan fingerprint density at radius 2 is 1.35 bits per heavy atom. The highest BCUT2D eigenvalue weighted by Crippen LogP contribution is 2.44. The third-order valence-electron chi connectivity index (χ3n) is 1.42. The van der Waals surface area contributed by atoms with Gasteiger partial charge in [0, 0.05) is 6.92 Å². The van der Waals surface area contributed by atoms with Gasteiger partial charge in [-0.15, -0.1) is 0 Å². The van der Waals surface area contributed by atoms with Crippen molar-refractivity contribution in [2.24, 2.45) is 0 Å². The molecule has 0 aromatic heterocycles. The minimum absolute atomic E-state index is 0.564. The van der Waals surface area contributed by atoms with Crippen LogP contribution in [0.1, 0.15) is 6.92 Å². The van der Waals surface area contributed by atoms with Crippen molar-refractivity contribution in [1.29, 1.82) is 0 Å². The number of carbonyl (C=O) groups is 1. The highest BCUT2D eigenvalue weighted by atomic mass is 19.4. The fraction of sp³-hybridized carbons (Fsp3) is 0.833. The Bertz CT molecular complexity index is 305. The molecule has 1 unspecified atom stereocenters. The molecule has 0 aliphatic carbocycles. The van der Waals surface area contributed by atoms with Crippen molar-refractivity contribution in [3.63, 3.8) is 0 Å². The summed E-state index contributed by atoms with van der Waals surface area (Å²) in [4.78, 5) is 9.87. The maximum atomic E-state index is 12.7. The number of alkyl halides is 8. The summed E-state index contributed by atoms with van der Waals surface area (Å²) in [6, 6.07) is 0. The number of hydrogen-bond donors (Lipinski definition) is 1. The van der Waals surface area contributed by atoms with Crippen LogP contribution in [-0.4, -0.2) is 35.1 Å². The maximum absolute atomic E-state index is 12.7.